The van der Waals surface area contributed by atoms with Crippen molar-refractivity contribution in [2.75, 3.05) is 0 Å². The van der Waals surface area contributed by atoms with Crippen molar-refractivity contribution in [3.05, 3.63) is 0 Å². The Balaban J connectivity index is 2.48. The molecule has 0 saturated heterocycles. The Labute approximate surface area is 133 Å². The standard InChI is InChI=1S/C18H30O4/c1-2-3-11-17(15(19)20)12-7-8-13-18(17,16(21)22)14-9-5-4-6-10-14/h14H,2-13H2,1H3,(H,19,20)(H,21,22). The van der Waals surface area contributed by atoms with Gasteiger partial charge in [-0.15, -0.1) is 0 Å². The van der Waals surface area contributed by atoms with Crippen LogP contribution in [0.15, 0.2) is 0 Å². The fraction of sp³-hybridized carbons (Fsp3) is 0.889. The molecule has 0 heterocycles. The van der Waals surface area contributed by atoms with Gasteiger partial charge >= 0.3 is 11.9 Å². The zero-order valence-corrected chi connectivity index (χ0v) is 13.8. The van der Waals surface area contributed by atoms with Crippen LogP contribution in [0.2, 0.25) is 0 Å². The minimum Gasteiger partial charge on any atom is -0.481 e. The first-order valence-electron chi connectivity index (χ1n) is 8.98. The van der Waals surface area contributed by atoms with Crippen LogP contribution in [0.5, 0.6) is 0 Å². The lowest BCUT2D eigenvalue weighted by Crippen LogP contribution is -2.58. The van der Waals surface area contributed by atoms with Gasteiger partial charge in [0.25, 0.3) is 0 Å². The lowest BCUT2D eigenvalue weighted by atomic mass is 9.47. The summed E-state index contributed by atoms with van der Waals surface area (Å²) in [5.74, 6) is -1.68. The number of rotatable bonds is 6. The van der Waals surface area contributed by atoms with Crippen molar-refractivity contribution in [2.45, 2.75) is 84.0 Å². The normalized spacial score (nSPS) is 33.5. The second kappa shape index (κ2) is 7.01. The molecule has 2 atom stereocenters. The molecule has 0 spiro atoms. The molecule has 2 aliphatic rings. The Morgan fingerprint density at radius 1 is 0.955 bits per heavy atom. The molecule has 0 aromatic rings. The molecule has 0 aliphatic heterocycles. The van der Waals surface area contributed by atoms with Crippen molar-refractivity contribution in [3.63, 3.8) is 0 Å². The predicted molar refractivity (Wildman–Crippen MR) is 84.7 cm³/mol. The van der Waals surface area contributed by atoms with E-state index in [2.05, 4.69) is 0 Å². The fourth-order valence-corrected chi connectivity index (χ4v) is 5.20. The third kappa shape index (κ3) is 2.65. The van der Waals surface area contributed by atoms with Crippen LogP contribution in [0.4, 0.5) is 0 Å². The summed E-state index contributed by atoms with van der Waals surface area (Å²) in [5, 5.41) is 20.2. The van der Waals surface area contributed by atoms with Gasteiger partial charge in [0.15, 0.2) is 0 Å². The second-order valence-corrected chi connectivity index (χ2v) is 7.31. The van der Waals surface area contributed by atoms with Gasteiger partial charge in [0.05, 0.1) is 10.8 Å². The average Bonchev–Trinajstić information content (AvgIpc) is 2.53. The molecule has 22 heavy (non-hydrogen) atoms. The minimum atomic E-state index is -1.06. The van der Waals surface area contributed by atoms with Crippen LogP contribution in [-0.4, -0.2) is 22.2 Å². The van der Waals surface area contributed by atoms with E-state index in [0.29, 0.717) is 19.3 Å². The van der Waals surface area contributed by atoms with E-state index in [1.54, 1.807) is 0 Å². The number of carbonyl (C=O) groups is 2. The zero-order valence-electron chi connectivity index (χ0n) is 13.8. The third-order valence-electron chi connectivity index (χ3n) is 6.33. The van der Waals surface area contributed by atoms with Crippen molar-refractivity contribution >= 4 is 11.9 Å². The van der Waals surface area contributed by atoms with E-state index in [1.807, 2.05) is 6.92 Å². The molecule has 2 unspecified atom stereocenters. The van der Waals surface area contributed by atoms with Crippen LogP contribution in [0, 0.1) is 16.7 Å². The monoisotopic (exact) mass is 310 g/mol. The number of hydrogen-bond acceptors (Lipinski definition) is 2. The highest BCUT2D eigenvalue weighted by molar-refractivity contribution is 5.87. The topological polar surface area (TPSA) is 74.6 Å². The Kier molecular flexibility index (Phi) is 5.51. The van der Waals surface area contributed by atoms with E-state index >= 15 is 0 Å². The number of carboxylic acid groups (broad SMARTS) is 2. The van der Waals surface area contributed by atoms with Crippen molar-refractivity contribution in [3.8, 4) is 0 Å². The van der Waals surface area contributed by atoms with Gasteiger partial charge in [-0.25, -0.2) is 0 Å². The molecule has 0 radical (unpaired) electrons. The summed E-state index contributed by atoms with van der Waals surface area (Å²) in [7, 11) is 0. The first-order valence-corrected chi connectivity index (χ1v) is 8.98. The molecule has 2 fully saturated rings. The highest BCUT2D eigenvalue weighted by Gasteiger charge is 2.64. The van der Waals surface area contributed by atoms with Gasteiger partial charge < -0.3 is 10.2 Å². The Morgan fingerprint density at radius 2 is 1.59 bits per heavy atom. The van der Waals surface area contributed by atoms with Crippen LogP contribution >= 0.6 is 0 Å². The highest BCUT2D eigenvalue weighted by atomic mass is 16.4. The van der Waals surface area contributed by atoms with Crippen LogP contribution in [-0.2, 0) is 9.59 Å². The van der Waals surface area contributed by atoms with Crippen molar-refractivity contribution in [1.29, 1.82) is 0 Å². The van der Waals surface area contributed by atoms with Crippen LogP contribution in [0.3, 0.4) is 0 Å². The SMILES string of the molecule is CCCCC1(C(=O)O)CCCCC1(C(=O)O)C1CCCCC1. The maximum absolute atomic E-state index is 12.4. The van der Waals surface area contributed by atoms with Gasteiger partial charge in [-0.2, -0.15) is 0 Å². The summed E-state index contributed by atoms with van der Waals surface area (Å²) < 4.78 is 0. The number of hydrogen-bond donors (Lipinski definition) is 2. The molecule has 4 nitrogen and oxygen atoms in total. The molecule has 2 saturated carbocycles. The van der Waals surface area contributed by atoms with Gasteiger partial charge in [-0.3, -0.25) is 9.59 Å². The molecular weight excluding hydrogens is 280 g/mol. The van der Waals surface area contributed by atoms with E-state index < -0.39 is 22.8 Å². The maximum atomic E-state index is 12.4. The molecule has 0 aromatic heterocycles. The molecule has 2 aliphatic carbocycles. The fourth-order valence-electron chi connectivity index (χ4n) is 5.20. The molecule has 126 valence electrons. The molecule has 2 N–H and O–H groups in total. The lowest BCUT2D eigenvalue weighted by Gasteiger charge is -2.53. The average molecular weight is 310 g/mol. The number of carboxylic acids is 2. The first kappa shape index (κ1) is 17.3. The molecule has 0 amide bonds. The van der Waals surface area contributed by atoms with E-state index in [9.17, 15) is 19.8 Å². The lowest BCUT2D eigenvalue weighted by molar-refractivity contribution is -0.190. The summed E-state index contributed by atoms with van der Waals surface area (Å²) in [4.78, 5) is 24.7. The van der Waals surface area contributed by atoms with Crippen LogP contribution in [0.25, 0.3) is 0 Å². The number of aliphatic carboxylic acids is 2. The summed E-state index contributed by atoms with van der Waals surface area (Å²) in [6, 6.07) is 0. The first-order chi connectivity index (χ1) is 10.5. The van der Waals surface area contributed by atoms with Gasteiger partial charge in [0.2, 0.25) is 0 Å². The minimum absolute atomic E-state index is 0.0343. The van der Waals surface area contributed by atoms with E-state index in [1.165, 1.54) is 0 Å². The van der Waals surface area contributed by atoms with Crippen LogP contribution in [0.1, 0.15) is 84.0 Å². The number of unbranched alkanes of at least 4 members (excludes halogenated alkanes) is 1. The Morgan fingerprint density at radius 3 is 2.14 bits per heavy atom. The summed E-state index contributed by atoms with van der Waals surface area (Å²) in [6.45, 7) is 2.04. The third-order valence-corrected chi connectivity index (χ3v) is 6.33. The summed E-state index contributed by atoms with van der Waals surface area (Å²) in [6.07, 6.45) is 10.0. The molecule has 2 rings (SSSR count). The van der Waals surface area contributed by atoms with Crippen molar-refractivity contribution in [1.82, 2.24) is 0 Å². The van der Waals surface area contributed by atoms with Gasteiger partial charge in [-0.1, -0.05) is 51.9 Å². The Bertz CT molecular complexity index is 413. The molecule has 0 aromatic carbocycles. The Hall–Kier alpha value is -1.06. The van der Waals surface area contributed by atoms with Crippen molar-refractivity contribution in [2.24, 2.45) is 16.7 Å². The molecular formula is C18H30O4. The summed E-state index contributed by atoms with van der Waals surface area (Å²) in [5.41, 5.74) is -2.11. The van der Waals surface area contributed by atoms with Crippen molar-refractivity contribution < 1.29 is 19.8 Å². The zero-order chi connectivity index (χ0) is 16.2. The quantitative estimate of drug-likeness (QED) is 0.759. The van der Waals surface area contributed by atoms with E-state index in [0.717, 1.165) is 57.8 Å². The molecule has 0 bridgehead atoms. The summed E-state index contributed by atoms with van der Waals surface area (Å²) >= 11 is 0. The van der Waals surface area contributed by atoms with Gasteiger partial charge in [0, 0.05) is 0 Å². The molecule has 4 heteroatoms. The second-order valence-electron chi connectivity index (χ2n) is 7.31. The van der Waals surface area contributed by atoms with Crippen LogP contribution < -0.4 is 0 Å². The predicted octanol–water partition coefficient (Wildman–Crippen LogP) is 4.47. The van der Waals surface area contributed by atoms with E-state index in [-0.39, 0.29) is 5.92 Å². The largest absolute Gasteiger partial charge is 0.481 e. The van der Waals surface area contributed by atoms with Gasteiger partial charge in [0.1, 0.15) is 0 Å². The van der Waals surface area contributed by atoms with E-state index in [4.69, 9.17) is 0 Å². The highest BCUT2D eigenvalue weighted by Crippen LogP contribution is 2.60. The smallest absolute Gasteiger partial charge is 0.311 e. The maximum Gasteiger partial charge on any atom is 0.311 e. The van der Waals surface area contributed by atoms with Gasteiger partial charge in [-0.05, 0) is 38.0 Å².